The van der Waals surface area contributed by atoms with Crippen LogP contribution in [0.5, 0.6) is 0 Å². The van der Waals surface area contributed by atoms with E-state index in [4.69, 9.17) is 11.6 Å². The van der Waals surface area contributed by atoms with Gasteiger partial charge in [-0.3, -0.25) is 0 Å². The molecule has 3 N–H and O–H groups in total. The lowest BCUT2D eigenvalue weighted by atomic mass is 10.0. The Morgan fingerprint density at radius 2 is 1.88 bits per heavy atom. The molecule has 3 rings (SSSR count). The number of anilines is 1. The molecule has 0 spiro atoms. The number of benzene rings is 1. The summed E-state index contributed by atoms with van der Waals surface area (Å²) >= 11 is 6.18. The molecule has 0 aliphatic carbocycles. The van der Waals surface area contributed by atoms with E-state index in [1.165, 1.54) is 11.6 Å². The van der Waals surface area contributed by atoms with Gasteiger partial charge >= 0.3 is 0 Å². The molecule has 2 heterocycles. The summed E-state index contributed by atoms with van der Waals surface area (Å²) in [4.78, 5) is 8.32. The molecule has 0 saturated heterocycles. The zero-order valence-corrected chi connectivity index (χ0v) is 15.0. The summed E-state index contributed by atoms with van der Waals surface area (Å²) in [7, 11) is 0. The second-order valence-electron chi connectivity index (χ2n) is 6.38. The van der Waals surface area contributed by atoms with Crippen LogP contribution < -0.4 is 16.2 Å². The number of nitrogens with one attached hydrogen (secondary N) is 2. The van der Waals surface area contributed by atoms with Gasteiger partial charge in [0.2, 0.25) is 5.95 Å². The first kappa shape index (κ1) is 18.5. The molecule has 10 heteroatoms. The molecule has 1 aromatic carbocycles. The number of halogens is 4. The lowest BCUT2D eigenvalue weighted by Gasteiger charge is -2.23. The van der Waals surface area contributed by atoms with Gasteiger partial charge in [0.15, 0.2) is 11.2 Å². The van der Waals surface area contributed by atoms with Crippen LogP contribution in [0, 0.1) is 23.4 Å². The van der Waals surface area contributed by atoms with Gasteiger partial charge in [0.1, 0.15) is 29.3 Å². The van der Waals surface area contributed by atoms with E-state index < -0.39 is 28.7 Å². The van der Waals surface area contributed by atoms with E-state index in [-0.39, 0.29) is 34.7 Å². The fraction of sp³-hybridized carbons (Fsp3) is 0.375. The number of fused-ring (bicyclic) bond motifs is 1. The number of aromatic nitrogens is 2. The third-order valence-electron chi connectivity index (χ3n) is 4.22. The zero-order valence-electron chi connectivity index (χ0n) is 14.2. The van der Waals surface area contributed by atoms with Crippen molar-refractivity contribution >= 4 is 17.5 Å². The summed E-state index contributed by atoms with van der Waals surface area (Å²) in [6.45, 7) is 5.21. The van der Waals surface area contributed by atoms with Crippen LogP contribution in [0.1, 0.15) is 20.8 Å². The number of aliphatic hydroxyl groups is 1. The first-order valence-electron chi connectivity index (χ1n) is 7.85. The molecule has 0 saturated carbocycles. The van der Waals surface area contributed by atoms with Gasteiger partial charge in [-0.1, -0.05) is 25.4 Å². The number of hydrogen-bond donors (Lipinski definition) is 3. The zero-order chi connectivity index (χ0) is 19.2. The Morgan fingerprint density at radius 1 is 1.27 bits per heavy atom. The van der Waals surface area contributed by atoms with Crippen molar-refractivity contribution in [2.75, 3.05) is 17.4 Å². The van der Waals surface area contributed by atoms with Gasteiger partial charge < -0.3 is 15.8 Å². The predicted molar refractivity (Wildman–Crippen MR) is 91.4 cm³/mol. The van der Waals surface area contributed by atoms with Gasteiger partial charge in [-0.15, -0.1) is 0 Å². The molecule has 0 bridgehead atoms. The Bertz CT molecular complexity index is 919. The summed E-state index contributed by atoms with van der Waals surface area (Å²) in [5.74, 6) is -3.42. The van der Waals surface area contributed by atoms with Crippen LogP contribution in [0.3, 0.4) is 0 Å². The highest BCUT2D eigenvalue weighted by Gasteiger charge is 2.28. The average molecular weight is 388 g/mol. The first-order valence-corrected chi connectivity index (χ1v) is 8.23. The van der Waals surface area contributed by atoms with Crippen LogP contribution in [0.15, 0.2) is 17.1 Å². The van der Waals surface area contributed by atoms with Crippen LogP contribution >= 0.6 is 11.6 Å². The maximum Gasteiger partial charge on any atom is 0.226 e. The molecule has 1 aliphatic rings. The lowest BCUT2D eigenvalue weighted by molar-refractivity contribution is 0.0180. The molecule has 0 fully saturated rings. The van der Waals surface area contributed by atoms with Gasteiger partial charge in [-0.2, -0.15) is 0 Å². The van der Waals surface area contributed by atoms with E-state index in [1.807, 2.05) is 0 Å². The van der Waals surface area contributed by atoms with Crippen molar-refractivity contribution in [3.05, 3.63) is 40.2 Å². The van der Waals surface area contributed by atoms with E-state index in [0.29, 0.717) is 12.1 Å². The summed E-state index contributed by atoms with van der Waals surface area (Å²) in [6.07, 6.45) is 0. The Morgan fingerprint density at radius 3 is 2.46 bits per heavy atom. The molecule has 2 aromatic rings. The monoisotopic (exact) mass is 387 g/mol. The van der Waals surface area contributed by atoms with Crippen molar-refractivity contribution in [3.8, 4) is 11.1 Å². The van der Waals surface area contributed by atoms with Crippen molar-refractivity contribution in [3.63, 3.8) is 0 Å². The van der Waals surface area contributed by atoms with Crippen LogP contribution in [0.2, 0.25) is 5.15 Å². The maximum atomic E-state index is 14.4. The van der Waals surface area contributed by atoms with Crippen molar-refractivity contribution in [1.29, 1.82) is 0 Å². The van der Waals surface area contributed by atoms with Crippen LogP contribution in [0.25, 0.3) is 11.1 Å². The van der Waals surface area contributed by atoms with Gasteiger partial charge in [-0.25, -0.2) is 27.8 Å². The molecule has 26 heavy (non-hydrogen) atoms. The second kappa shape index (κ2) is 6.48. The Kier molecular flexibility index (Phi) is 4.61. The third-order valence-corrected chi connectivity index (χ3v) is 4.50. The SMILES string of the molecule is CC(C)C(C)(O)/N=c1/c(-c2c(F)cc(F)cc2F)c(Cl)nc2n1NCN2. The van der Waals surface area contributed by atoms with E-state index in [2.05, 4.69) is 20.7 Å². The summed E-state index contributed by atoms with van der Waals surface area (Å²) in [5, 5.41) is 13.2. The Labute approximate surface area is 152 Å². The second-order valence-corrected chi connectivity index (χ2v) is 6.73. The van der Waals surface area contributed by atoms with Crippen LogP contribution in [-0.4, -0.2) is 27.2 Å². The smallest absolute Gasteiger partial charge is 0.226 e. The van der Waals surface area contributed by atoms with Gasteiger partial charge in [-0.05, 0) is 6.92 Å². The molecule has 1 aromatic heterocycles. The molecule has 1 aliphatic heterocycles. The maximum absolute atomic E-state index is 14.4. The quantitative estimate of drug-likeness (QED) is 0.708. The average Bonchev–Trinajstić information content (AvgIpc) is 2.96. The molecule has 0 radical (unpaired) electrons. The topological polar surface area (TPSA) is 74.5 Å². The molecule has 6 nitrogen and oxygen atoms in total. The van der Waals surface area contributed by atoms with Crippen molar-refractivity contribution < 1.29 is 18.3 Å². The highest BCUT2D eigenvalue weighted by molar-refractivity contribution is 6.32. The van der Waals surface area contributed by atoms with Gasteiger partial charge in [0.25, 0.3) is 0 Å². The van der Waals surface area contributed by atoms with E-state index in [0.717, 1.165) is 0 Å². The Hall–Kier alpha value is -2.26. The van der Waals surface area contributed by atoms with Crippen molar-refractivity contribution in [2.45, 2.75) is 26.5 Å². The van der Waals surface area contributed by atoms with E-state index >= 15 is 0 Å². The first-order chi connectivity index (χ1) is 12.1. The molecular weight excluding hydrogens is 371 g/mol. The minimum absolute atomic E-state index is 0.0342. The molecular formula is C16H17ClF3N5O. The van der Waals surface area contributed by atoms with Crippen molar-refractivity contribution in [2.24, 2.45) is 10.9 Å². The predicted octanol–water partition coefficient (Wildman–Crippen LogP) is 2.81. The third kappa shape index (κ3) is 3.12. The number of rotatable bonds is 3. The van der Waals surface area contributed by atoms with Gasteiger partial charge in [0.05, 0.1) is 11.1 Å². The largest absolute Gasteiger partial charge is 0.369 e. The normalized spacial score (nSPS) is 16.3. The van der Waals surface area contributed by atoms with E-state index in [1.54, 1.807) is 13.8 Å². The summed E-state index contributed by atoms with van der Waals surface area (Å²) < 4.78 is 43.4. The number of nitrogens with zero attached hydrogens (tertiary/aromatic N) is 3. The standard InChI is InChI=1S/C16H17ClF3N5O/c1-7(2)16(3,26)24-14-12(11-9(19)4-8(18)5-10(11)20)13(17)23-15-21-6-22-25(14)15/h4-5,7,22,26H,6H2,1-3H3,(H,21,23)/b24-14-. The highest BCUT2D eigenvalue weighted by Crippen LogP contribution is 2.31. The summed E-state index contributed by atoms with van der Waals surface area (Å²) in [5.41, 5.74) is 0.517. The van der Waals surface area contributed by atoms with Crippen LogP contribution in [0.4, 0.5) is 19.1 Å². The van der Waals surface area contributed by atoms with Crippen molar-refractivity contribution in [1.82, 2.24) is 9.66 Å². The molecule has 140 valence electrons. The Balaban J connectivity index is 2.43. The van der Waals surface area contributed by atoms with E-state index in [9.17, 15) is 18.3 Å². The van der Waals surface area contributed by atoms with Gasteiger partial charge in [0, 0.05) is 18.1 Å². The summed E-state index contributed by atoms with van der Waals surface area (Å²) in [6, 6.07) is 1.09. The molecule has 1 atom stereocenters. The minimum Gasteiger partial charge on any atom is -0.369 e. The van der Waals surface area contributed by atoms with Crippen LogP contribution in [-0.2, 0) is 0 Å². The molecule has 0 amide bonds. The highest BCUT2D eigenvalue weighted by atomic mass is 35.5. The number of hydrogen-bond acceptors (Lipinski definition) is 5. The fourth-order valence-electron chi connectivity index (χ4n) is 2.41. The molecule has 1 unspecified atom stereocenters. The minimum atomic E-state index is -1.56. The fourth-order valence-corrected chi connectivity index (χ4v) is 2.67. The lowest BCUT2D eigenvalue weighted by Crippen LogP contribution is -2.37.